The molecule has 0 aliphatic carbocycles. The van der Waals surface area contributed by atoms with E-state index >= 15 is 0 Å². The molecular formula is C14H14F2N2OS2. The highest BCUT2D eigenvalue weighted by atomic mass is 32.2. The molecule has 0 aliphatic heterocycles. The number of nitrogens with zero attached hydrogens (tertiary/aromatic N) is 1. The van der Waals surface area contributed by atoms with E-state index in [0.717, 1.165) is 10.1 Å². The van der Waals surface area contributed by atoms with Gasteiger partial charge in [-0.3, -0.25) is 4.79 Å². The zero-order chi connectivity index (χ0) is 15.2. The second-order valence-corrected chi connectivity index (χ2v) is 6.56. The summed E-state index contributed by atoms with van der Waals surface area (Å²) in [7, 11) is 0. The van der Waals surface area contributed by atoms with E-state index in [9.17, 15) is 13.6 Å². The summed E-state index contributed by atoms with van der Waals surface area (Å²) in [6.07, 6.45) is 0.108. The van der Waals surface area contributed by atoms with Gasteiger partial charge in [-0.1, -0.05) is 24.8 Å². The van der Waals surface area contributed by atoms with Crippen molar-refractivity contribution >= 4 is 29.0 Å². The van der Waals surface area contributed by atoms with Gasteiger partial charge in [0.25, 0.3) is 0 Å². The zero-order valence-corrected chi connectivity index (χ0v) is 13.0. The molecule has 0 unspecified atom stereocenters. The second kappa shape index (κ2) is 7.51. The molecule has 112 valence electrons. The summed E-state index contributed by atoms with van der Waals surface area (Å²) in [5.41, 5.74) is 0.536. The van der Waals surface area contributed by atoms with E-state index in [4.69, 9.17) is 0 Å². The molecule has 0 atom stereocenters. The summed E-state index contributed by atoms with van der Waals surface area (Å²) < 4.78 is 27.7. The number of aromatic nitrogens is 1. The number of thioether (sulfide) groups is 1. The highest BCUT2D eigenvalue weighted by Gasteiger charge is 2.11. The molecule has 1 amide bonds. The van der Waals surface area contributed by atoms with Gasteiger partial charge in [-0.15, -0.1) is 11.3 Å². The summed E-state index contributed by atoms with van der Waals surface area (Å²) >= 11 is 3.10. The Morgan fingerprint density at radius 2 is 2.10 bits per heavy atom. The lowest BCUT2D eigenvalue weighted by molar-refractivity contribution is -0.120. The van der Waals surface area contributed by atoms with Gasteiger partial charge in [0.15, 0.2) is 0 Å². The molecule has 0 spiro atoms. The van der Waals surface area contributed by atoms with E-state index in [1.165, 1.54) is 29.5 Å². The molecule has 1 aromatic heterocycles. The van der Waals surface area contributed by atoms with Crippen LogP contribution in [0.3, 0.4) is 0 Å². The number of carbonyl (C=O) groups excluding carboxylic acids is 1. The van der Waals surface area contributed by atoms with Crippen molar-refractivity contribution in [1.29, 1.82) is 0 Å². The van der Waals surface area contributed by atoms with Crippen molar-refractivity contribution in [3.8, 4) is 0 Å². The molecule has 1 heterocycles. The van der Waals surface area contributed by atoms with Crippen molar-refractivity contribution in [2.45, 2.75) is 24.2 Å². The van der Waals surface area contributed by atoms with E-state index in [2.05, 4.69) is 10.3 Å². The number of rotatable bonds is 6. The summed E-state index contributed by atoms with van der Waals surface area (Å²) in [6, 6.07) is 3.62. The normalized spacial score (nSPS) is 10.6. The van der Waals surface area contributed by atoms with Gasteiger partial charge in [-0.25, -0.2) is 13.8 Å². The third-order valence-corrected chi connectivity index (χ3v) is 4.62. The van der Waals surface area contributed by atoms with Crippen LogP contribution < -0.4 is 5.32 Å². The van der Waals surface area contributed by atoms with Crippen molar-refractivity contribution in [1.82, 2.24) is 10.3 Å². The van der Waals surface area contributed by atoms with Crippen LogP contribution in [-0.2, 0) is 17.8 Å². The van der Waals surface area contributed by atoms with Gasteiger partial charge in [0.1, 0.15) is 16.0 Å². The highest BCUT2D eigenvalue weighted by molar-refractivity contribution is 8.00. The molecule has 2 aromatic rings. The van der Waals surface area contributed by atoms with Crippen LogP contribution in [0.25, 0.3) is 0 Å². The summed E-state index contributed by atoms with van der Waals surface area (Å²) in [5.74, 6) is -0.710. The molecule has 0 bridgehead atoms. The molecule has 1 N–H and O–H groups in total. The first-order chi connectivity index (χ1) is 10.1. The van der Waals surface area contributed by atoms with Crippen LogP contribution in [-0.4, -0.2) is 16.6 Å². The van der Waals surface area contributed by atoms with Gasteiger partial charge in [-0.05, 0) is 17.9 Å². The predicted molar refractivity (Wildman–Crippen MR) is 80.4 cm³/mol. The van der Waals surface area contributed by atoms with Crippen LogP contribution in [0.5, 0.6) is 0 Å². The maximum atomic E-state index is 13.4. The Morgan fingerprint density at radius 3 is 2.76 bits per heavy atom. The Morgan fingerprint density at radius 1 is 1.38 bits per heavy atom. The smallest absolute Gasteiger partial charge is 0.226 e. The SMILES string of the molecule is CCSc1nc(CC(=O)NCc2c(F)cccc2F)cs1. The van der Waals surface area contributed by atoms with Crippen LogP contribution in [0.15, 0.2) is 27.9 Å². The maximum absolute atomic E-state index is 13.4. The lowest BCUT2D eigenvalue weighted by Crippen LogP contribution is -2.25. The Bertz CT molecular complexity index is 611. The molecular weight excluding hydrogens is 314 g/mol. The van der Waals surface area contributed by atoms with Gasteiger partial charge in [-0.2, -0.15) is 0 Å². The van der Waals surface area contributed by atoms with Gasteiger partial charge in [0, 0.05) is 17.5 Å². The van der Waals surface area contributed by atoms with Crippen molar-refractivity contribution in [3.05, 3.63) is 46.5 Å². The quantitative estimate of drug-likeness (QED) is 0.827. The number of nitrogens with one attached hydrogen (secondary N) is 1. The predicted octanol–water partition coefficient (Wildman–Crippen LogP) is 3.39. The topological polar surface area (TPSA) is 42.0 Å². The highest BCUT2D eigenvalue weighted by Crippen LogP contribution is 2.22. The fraction of sp³-hybridized carbons (Fsp3) is 0.286. The van der Waals surface area contributed by atoms with Crippen LogP contribution >= 0.6 is 23.1 Å². The van der Waals surface area contributed by atoms with E-state index < -0.39 is 11.6 Å². The second-order valence-electron chi connectivity index (χ2n) is 4.19. The Balaban J connectivity index is 1.90. The zero-order valence-electron chi connectivity index (χ0n) is 11.4. The van der Waals surface area contributed by atoms with Gasteiger partial charge in [0.2, 0.25) is 5.91 Å². The van der Waals surface area contributed by atoms with Gasteiger partial charge < -0.3 is 5.32 Å². The van der Waals surface area contributed by atoms with Crippen LogP contribution in [0, 0.1) is 11.6 Å². The minimum atomic E-state index is -0.661. The molecule has 2 rings (SSSR count). The fourth-order valence-corrected chi connectivity index (χ4v) is 3.42. The average Bonchev–Trinajstić information content (AvgIpc) is 2.86. The third-order valence-electron chi connectivity index (χ3n) is 2.66. The van der Waals surface area contributed by atoms with Gasteiger partial charge in [0.05, 0.1) is 12.1 Å². The number of benzene rings is 1. The van der Waals surface area contributed by atoms with Crippen LogP contribution in [0.4, 0.5) is 8.78 Å². The Kier molecular flexibility index (Phi) is 5.69. The van der Waals surface area contributed by atoms with E-state index in [1.807, 2.05) is 12.3 Å². The first-order valence-corrected chi connectivity index (χ1v) is 8.23. The van der Waals surface area contributed by atoms with Crippen molar-refractivity contribution in [3.63, 3.8) is 0 Å². The number of halogens is 2. The number of carbonyl (C=O) groups is 1. The molecule has 0 saturated carbocycles. The Labute approximate surface area is 129 Å². The van der Waals surface area contributed by atoms with E-state index in [-0.39, 0.29) is 24.4 Å². The first-order valence-electron chi connectivity index (χ1n) is 6.37. The number of thiazole rings is 1. The monoisotopic (exact) mass is 328 g/mol. The van der Waals surface area contributed by atoms with Crippen molar-refractivity contribution in [2.24, 2.45) is 0 Å². The maximum Gasteiger partial charge on any atom is 0.226 e. The van der Waals surface area contributed by atoms with Crippen molar-refractivity contribution < 1.29 is 13.6 Å². The molecule has 0 saturated heterocycles. The third kappa shape index (κ3) is 4.50. The number of amides is 1. The summed E-state index contributed by atoms with van der Waals surface area (Å²) in [4.78, 5) is 16.1. The number of hydrogen-bond donors (Lipinski definition) is 1. The molecule has 3 nitrogen and oxygen atoms in total. The van der Waals surface area contributed by atoms with E-state index in [0.29, 0.717) is 5.69 Å². The van der Waals surface area contributed by atoms with Crippen molar-refractivity contribution in [2.75, 3.05) is 5.75 Å². The van der Waals surface area contributed by atoms with Crippen LogP contribution in [0.1, 0.15) is 18.2 Å². The standard InChI is InChI=1S/C14H14F2N2OS2/c1-2-20-14-18-9(8-21-14)6-13(19)17-7-10-11(15)4-3-5-12(10)16/h3-5,8H,2,6-7H2,1H3,(H,17,19). The molecule has 1 aromatic carbocycles. The lowest BCUT2D eigenvalue weighted by Gasteiger charge is -2.06. The fourth-order valence-electron chi connectivity index (χ4n) is 1.67. The largest absolute Gasteiger partial charge is 0.351 e. The van der Waals surface area contributed by atoms with Crippen LogP contribution in [0.2, 0.25) is 0 Å². The number of hydrogen-bond acceptors (Lipinski definition) is 4. The first kappa shape index (κ1) is 15.9. The molecule has 21 heavy (non-hydrogen) atoms. The molecule has 0 fully saturated rings. The molecule has 0 radical (unpaired) electrons. The lowest BCUT2D eigenvalue weighted by atomic mass is 10.2. The minimum Gasteiger partial charge on any atom is -0.351 e. The van der Waals surface area contributed by atoms with Gasteiger partial charge >= 0.3 is 0 Å². The molecule has 0 aliphatic rings. The summed E-state index contributed by atoms with van der Waals surface area (Å²) in [5, 5.41) is 4.33. The summed E-state index contributed by atoms with van der Waals surface area (Å²) in [6.45, 7) is 1.86. The minimum absolute atomic E-state index is 0.108. The average molecular weight is 328 g/mol. The van der Waals surface area contributed by atoms with E-state index in [1.54, 1.807) is 11.8 Å². The Hall–Kier alpha value is -1.47. The molecule has 7 heteroatoms.